The van der Waals surface area contributed by atoms with Crippen molar-refractivity contribution in [2.24, 2.45) is 0 Å². The summed E-state index contributed by atoms with van der Waals surface area (Å²) in [5, 5.41) is 13.8. The molecule has 3 N–H and O–H groups in total. The number of nitrogens with one attached hydrogen (secondary N) is 2. The van der Waals surface area contributed by atoms with Gasteiger partial charge in [-0.15, -0.1) is 0 Å². The molecule has 3 rings (SSSR count). The number of carbonyl (C=O) groups is 2. The number of carbonyl (C=O) groups excluding carboxylic acids is 2. The first-order valence-electron chi connectivity index (χ1n) is 8.58. The lowest BCUT2D eigenvalue weighted by atomic mass is 10.2. The van der Waals surface area contributed by atoms with E-state index in [0.717, 1.165) is 0 Å². The van der Waals surface area contributed by atoms with Gasteiger partial charge in [-0.2, -0.15) is 4.98 Å². The van der Waals surface area contributed by atoms with Crippen molar-refractivity contribution in [3.63, 3.8) is 0 Å². The van der Waals surface area contributed by atoms with Gasteiger partial charge in [0.1, 0.15) is 11.6 Å². The minimum absolute atomic E-state index is 0.0583. The molecule has 0 bridgehead atoms. The average molecular weight is 419 g/mol. The molecule has 0 aliphatic carbocycles. The predicted octanol–water partition coefficient (Wildman–Crippen LogP) is 3.02. The molecule has 0 radical (unpaired) electrons. The molecule has 0 aliphatic heterocycles. The average Bonchev–Trinajstić information content (AvgIpc) is 3.17. The first-order valence-corrected chi connectivity index (χ1v) is 8.96. The zero-order chi connectivity index (χ0) is 20.8. The molecule has 3 aromatic rings. The topological polar surface area (TPSA) is 117 Å². The van der Waals surface area contributed by atoms with Crippen LogP contribution in [0.1, 0.15) is 29.1 Å². The van der Waals surface area contributed by atoms with Gasteiger partial charge in [0.05, 0.1) is 5.56 Å². The van der Waals surface area contributed by atoms with Crippen LogP contribution in [0.5, 0.6) is 5.75 Å². The predicted molar refractivity (Wildman–Crippen MR) is 101 cm³/mol. The number of phenols is 1. The lowest BCUT2D eigenvalue weighted by Crippen LogP contribution is -2.41. The van der Waals surface area contributed by atoms with E-state index in [1.54, 1.807) is 0 Å². The monoisotopic (exact) mass is 418 g/mol. The summed E-state index contributed by atoms with van der Waals surface area (Å²) in [6.45, 7) is 0. The number of hydrogen-bond donors (Lipinski definition) is 3. The smallest absolute Gasteiger partial charge is 0.273 e. The normalized spacial score (nSPS) is 10.6. The summed E-state index contributed by atoms with van der Waals surface area (Å²) in [7, 11) is 0. The first kappa shape index (κ1) is 20.3. The Bertz CT molecular complexity index is 1020. The minimum atomic E-state index is -0.695. The van der Waals surface area contributed by atoms with Gasteiger partial charge in [0.15, 0.2) is 0 Å². The summed E-state index contributed by atoms with van der Waals surface area (Å²) >= 11 is 5.78. The maximum atomic E-state index is 12.9. The second-order valence-corrected chi connectivity index (χ2v) is 6.47. The Hall–Kier alpha value is -3.46. The van der Waals surface area contributed by atoms with Crippen LogP contribution in [0.4, 0.5) is 4.39 Å². The number of hydrazine groups is 1. The Morgan fingerprint density at radius 2 is 1.90 bits per heavy atom. The Balaban J connectivity index is 1.44. The van der Waals surface area contributed by atoms with Gasteiger partial charge in [-0.25, -0.2) is 4.39 Å². The summed E-state index contributed by atoms with van der Waals surface area (Å²) in [6.07, 6.45) is 0.843. The molecule has 150 valence electrons. The van der Waals surface area contributed by atoms with Crippen molar-refractivity contribution >= 4 is 23.4 Å². The molecule has 8 nitrogen and oxygen atoms in total. The van der Waals surface area contributed by atoms with Crippen molar-refractivity contribution in [1.82, 2.24) is 21.0 Å². The Kier molecular flexibility index (Phi) is 6.40. The van der Waals surface area contributed by atoms with Crippen molar-refractivity contribution < 1.29 is 23.6 Å². The van der Waals surface area contributed by atoms with Crippen molar-refractivity contribution in [1.29, 1.82) is 0 Å². The zero-order valence-corrected chi connectivity index (χ0v) is 15.7. The number of nitrogens with zero attached hydrogens (tertiary/aromatic N) is 2. The second kappa shape index (κ2) is 9.16. The van der Waals surface area contributed by atoms with Crippen LogP contribution in [0, 0.1) is 5.82 Å². The van der Waals surface area contributed by atoms with Crippen LogP contribution in [0.3, 0.4) is 0 Å². The van der Waals surface area contributed by atoms with Crippen molar-refractivity contribution in [2.75, 3.05) is 0 Å². The SMILES string of the molecule is O=C(CCCc1nc(-c2ccc(F)cc2)no1)NNC(=O)c1cc(Cl)ccc1O. The van der Waals surface area contributed by atoms with Crippen LogP contribution in [-0.2, 0) is 11.2 Å². The molecule has 1 heterocycles. The van der Waals surface area contributed by atoms with E-state index in [1.807, 2.05) is 0 Å². The maximum Gasteiger partial charge on any atom is 0.273 e. The second-order valence-electron chi connectivity index (χ2n) is 6.04. The maximum absolute atomic E-state index is 12.9. The number of rotatable bonds is 6. The van der Waals surface area contributed by atoms with Gasteiger partial charge in [-0.1, -0.05) is 16.8 Å². The highest BCUT2D eigenvalue weighted by molar-refractivity contribution is 6.31. The van der Waals surface area contributed by atoms with Crippen molar-refractivity contribution in [3.8, 4) is 17.1 Å². The minimum Gasteiger partial charge on any atom is -0.507 e. The van der Waals surface area contributed by atoms with Gasteiger partial charge in [0.2, 0.25) is 17.6 Å². The number of aryl methyl sites for hydroxylation is 1. The Labute approximate surface area is 169 Å². The highest BCUT2D eigenvalue weighted by Gasteiger charge is 2.13. The van der Waals surface area contributed by atoms with Crippen LogP contribution in [0.2, 0.25) is 5.02 Å². The van der Waals surface area contributed by atoms with Crippen LogP contribution in [-0.4, -0.2) is 27.1 Å². The van der Waals surface area contributed by atoms with E-state index in [4.69, 9.17) is 16.1 Å². The van der Waals surface area contributed by atoms with Crippen LogP contribution in [0.15, 0.2) is 47.0 Å². The number of halogens is 2. The van der Waals surface area contributed by atoms with E-state index >= 15 is 0 Å². The van der Waals surface area contributed by atoms with Crippen molar-refractivity contribution in [2.45, 2.75) is 19.3 Å². The molecule has 29 heavy (non-hydrogen) atoms. The van der Waals surface area contributed by atoms with Gasteiger partial charge < -0.3 is 9.63 Å². The van der Waals surface area contributed by atoms with Gasteiger partial charge in [-0.05, 0) is 48.9 Å². The molecule has 0 spiro atoms. The fourth-order valence-corrected chi connectivity index (χ4v) is 2.59. The molecular weight excluding hydrogens is 403 g/mol. The van der Waals surface area contributed by atoms with Crippen molar-refractivity contribution in [3.05, 3.63) is 64.8 Å². The summed E-state index contributed by atoms with van der Waals surface area (Å²) in [5.41, 5.74) is 5.02. The molecule has 1 aromatic heterocycles. The lowest BCUT2D eigenvalue weighted by molar-refractivity contribution is -0.121. The van der Waals surface area contributed by atoms with Gasteiger partial charge in [0.25, 0.3) is 5.91 Å². The van der Waals surface area contributed by atoms with Gasteiger partial charge in [0, 0.05) is 23.4 Å². The standard InChI is InChI=1S/C19H16ClFN4O4/c20-12-6-9-15(26)14(10-12)19(28)24-23-16(27)2-1-3-17-22-18(25-29-17)11-4-7-13(21)8-5-11/h4-10,26H,1-3H2,(H,23,27)(H,24,28). The van der Waals surface area contributed by atoms with E-state index < -0.39 is 11.8 Å². The Morgan fingerprint density at radius 3 is 2.66 bits per heavy atom. The van der Waals surface area contributed by atoms with Gasteiger partial charge >= 0.3 is 0 Å². The molecule has 0 unspecified atom stereocenters. The zero-order valence-electron chi connectivity index (χ0n) is 15.0. The highest BCUT2D eigenvalue weighted by Crippen LogP contribution is 2.21. The van der Waals surface area contributed by atoms with Gasteiger partial charge in [-0.3, -0.25) is 20.4 Å². The van der Waals surface area contributed by atoms with Crippen LogP contribution < -0.4 is 10.9 Å². The van der Waals surface area contributed by atoms with E-state index in [2.05, 4.69) is 21.0 Å². The largest absolute Gasteiger partial charge is 0.507 e. The molecule has 0 saturated carbocycles. The number of benzene rings is 2. The number of hydrogen-bond acceptors (Lipinski definition) is 6. The Morgan fingerprint density at radius 1 is 1.14 bits per heavy atom. The molecular formula is C19H16ClFN4O4. The quantitative estimate of drug-likeness (QED) is 0.530. The number of phenolic OH excluding ortho intramolecular Hbond substituents is 1. The highest BCUT2D eigenvalue weighted by atomic mass is 35.5. The summed E-state index contributed by atoms with van der Waals surface area (Å²) in [5.74, 6) is -1.07. The molecule has 0 aliphatic rings. The number of amides is 2. The van der Waals surface area contributed by atoms with E-state index in [0.29, 0.717) is 30.1 Å². The van der Waals surface area contributed by atoms with E-state index in [9.17, 15) is 19.1 Å². The summed E-state index contributed by atoms with van der Waals surface area (Å²) in [6, 6.07) is 9.68. The lowest BCUT2D eigenvalue weighted by Gasteiger charge is -2.08. The summed E-state index contributed by atoms with van der Waals surface area (Å²) in [4.78, 5) is 28.0. The molecule has 2 amide bonds. The number of aromatic hydroxyl groups is 1. The first-order chi connectivity index (χ1) is 13.9. The van der Waals surface area contributed by atoms with E-state index in [-0.39, 0.29) is 28.6 Å². The molecule has 0 saturated heterocycles. The van der Waals surface area contributed by atoms with Crippen LogP contribution >= 0.6 is 11.6 Å². The fourth-order valence-electron chi connectivity index (χ4n) is 2.42. The van der Waals surface area contributed by atoms with Crippen LogP contribution in [0.25, 0.3) is 11.4 Å². The molecule has 10 heteroatoms. The van der Waals surface area contributed by atoms with E-state index in [1.165, 1.54) is 42.5 Å². The number of aromatic nitrogens is 2. The third-order valence-electron chi connectivity index (χ3n) is 3.88. The molecule has 0 atom stereocenters. The molecule has 0 fully saturated rings. The molecule has 2 aromatic carbocycles. The third kappa shape index (κ3) is 5.52. The third-order valence-corrected chi connectivity index (χ3v) is 4.12. The fraction of sp³-hybridized carbons (Fsp3) is 0.158. The summed E-state index contributed by atoms with van der Waals surface area (Å²) < 4.78 is 18.1.